The van der Waals surface area contributed by atoms with Crippen LogP contribution in [-0.4, -0.2) is 0 Å². The molecule has 0 nitrogen and oxygen atoms in total. The van der Waals surface area contributed by atoms with Crippen molar-refractivity contribution in [2.75, 3.05) is 0 Å². The molecule has 27 heavy (non-hydrogen) atoms. The Morgan fingerprint density at radius 2 is 1.04 bits per heavy atom. The van der Waals surface area contributed by atoms with Crippen molar-refractivity contribution in [3.05, 3.63) is 126 Å². The molecule has 0 spiro atoms. The van der Waals surface area contributed by atoms with Crippen LogP contribution in [0.25, 0.3) is 27.8 Å². The van der Waals surface area contributed by atoms with Crippen LogP contribution >= 0.6 is 11.6 Å². The number of halogens is 1. The molecule has 0 fully saturated rings. The molecule has 0 radical (unpaired) electrons. The lowest BCUT2D eigenvalue weighted by Gasteiger charge is -2.18. The molecule has 0 saturated heterocycles. The lowest BCUT2D eigenvalue weighted by molar-refractivity contribution is 1.52. The molecule has 0 aliphatic heterocycles. The second-order valence-electron chi connectivity index (χ2n) is 6.45. The number of hydrogen-bond donors (Lipinski definition) is 0. The fraction of sp³-hybridized carbons (Fsp3) is 0. The standard InChI is InChI=1S/C26H19Cl/c1-19(20-15-17-23(27)18-16-20)26-24(21-9-4-2-5-10-21)13-8-14-25(26)22-11-6-3-7-12-22/h2-18H,1H2. The molecule has 0 amide bonds. The summed E-state index contributed by atoms with van der Waals surface area (Å²) in [4.78, 5) is 0. The van der Waals surface area contributed by atoms with Crippen molar-refractivity contribution in [3.8, 4) is 22.3 Å². The van der Waals surface area contributed by atoms with E-state index in [1.165, 1.54) is 22.3 Å². The minimum atomic E-state index is 0.728. The van der Waals surface area contributed by atoms with Crippen LogP contribution in [0.3, 0.4) is 0 Å². The minimum Gasteiger partial charge on any atom is -0.0905 e. The number of benzene rings is 4. The van der Waals surface area contributed by atoms with Crippen LogP contribution in [0, 0.1) is 0 Å². The molecular formula is C26H19Cl. The zero-order chi connectivity index (χ0) is 18.6. The van der Waals surface area contributed by atoms with Gasteiger partial charge in [0.2, 0.25) is 0 Å². The van der Waals surface area contributed by atoms with Gasteiger partial charge < -0.3 is 0 Å². The molecular weight excluding hydrogens is 348 g/mol. The summed E-state index contributed by atoms with van der Waals surface area (Å²) in [6.45, 7) is 4.45. The van der Waals surface area contributed by atoms with Crippen molar-refractivity contribution in [1.82, 2.24) is 0 Å². The Labute approximate surface area is 165 Å². The Balaban J connectivity index is 1.96. The van der Waals surface area contributed by atoms with E-state index in [1.54, 1.807) is 0 Å². The average Bonchev–Trinajstić information content (AvgIpc) is 2.74. The fourth-order valence-corrected chi connectivity index (χ4v) is 3.52. The van der Waals surface area contributed by atoms with E-state index < -0.39 is 0 Å². The van der Waals surface area contributed by atoms with Gasteiger partial charge in [0.15, 0.2) is 0 Å². The summed E-state index contributed by atoms with van der Waals surface area (Å²) >= 11 is 6.09. The van der Waals surface area contributed by atoms with Crippen LogP contribution in [0.15, 0.2) is 110 Å². The zero-order valence-corrected chi connectivity index (χ0v) is 15.7. The number of rotatable bonds is 4. The second kappa shape index (κ2) is 7.65. The van der Waals surface area contributed by atoms with E-state index in [-0.39, 0.29) is 0 Å². The minimum absolute atomic E-state index is 0.728. The average molecular weight is 367 g/mol. The molecule has 0 heterocycles. The van der Waals surface area contributed by atoms with Crippen molar-refractivity contribution in [3.63, 3.8) is 0 Å². The maximum Gasteiger partial charge on any atom is 0.0406 e. The van der Waals surface area contributed by atoms with Crippen LogP contribution in [0.5, 0.6) is 0 Å². The Bertz CT molecular complexity index is 1000. The zero-order valence-electron chi connectivity index (χ0n) is 14.9. The first-order chi connectivity index (χ1) is 13.2. The summed E-state index contributed by atoms with van der Waals surface area (Å²) in [6.07, 6.45) is 0. The topological polar surface area (TPSA) is 0 Å². The van der Waals surface area contributed by atoms with Gasteiger partial charge in [-0.25, -0.2) is 0 Å². The molecule has 0 atom stereocenters. The normalized spacial score (nSPS) is 10.6. The Hall–Kier alpha value is -3.09. The van der Waals surface area contributed by atoms with E-state index in [2.05, 4.69) is 73.3 Å². The number of hydrogen-bond acceptors (Lipinski definition) is 0. The second-order valence-corrected chi connectivity index (χ2v) is 6.88. The summed E-state index contributed by atoms with van der Waals surface area (Å²) in [5, 5.41) is 0.728. The Kier molecular flexibility index (Phi) is 4.91. The predicted molar refractivity (Wildman–Crippen MR) is 117 cm³/mol. The van der Waals surface area contributed by atoms with E-state index in [4.69, 9.17) is 11.6 Å². The molecule has 4 rings (SSSR count). The van der Waals surface area contributed by atoms with E-state index in [0.29, 0.717) is 0 Å². The summed E-state index contributed by atoms with van der Waals surface area (Å²) < 4.78 is 0. The molecule has 130 valence electrons. The molecule has 0 aliphatic carbocycles. The molecule has 0 N–H and O–H groups in total. The molecule has 1 heteroatoms. The van der Waals surface area contributed by atoms with Gasteiger partial charge >= 0.3 is 0 Å². The molecule has 0 saturated carbocycles. The van der Waals surface area contributed by atoms with E-state index in [1.807, 2.05) is 36.4 Å². The smallest absolute Gasteiger partial charge is 0.0406 e. The van der Waals surface area contributed by atoms with Gasteiger partial charge in [-0.15, -0.1) is 0 Å². The fourth-order valence-electron chi connectivity index (χ4n) is 3.39. The van der Waals surface area contributed by atoms with Crippen LogP contribution in [0.4, 0.5) is 0 Å². The monoisotopic (exact) mass is 366 g/mol. The third kappa shape index (κ3) is 3.58. The largest absolute Gasteiger partial charge is 0.0905 e. The molecule has 0 aromatic heterocycles. The molecule has 0 bridgehead atoms. The lowest BCUT2D eigenvalue weighted by Crippen LogP contribution is -1.95. The van der Waals surface area contributed by atoms with E-state index >= 15 is 0 Å². The third-order valence-corrected chi connectivity index (χ3v) is 4.98. The first kappa shape index (κ1) is 17.3. The van der Waals surface area contributed by atoms with Crippen molar-refractivity contribution >= 4 is 17.2 Å². The lowest BCUT2D eigenvalue weighted by atomic mass is 9.85. The quantitative estimate of drug-likeness (QED) is 0.346. The van der Waals surface area contributed by atoms with Crippen LogP contribution in [0.2, 0.25) is 5.02 Å². The van der Waals surface area contributed by atoms with Crippen LogP contribution < -0.4 is 0 Å². The summed E-state index contributed by atoms with van der Waals surface area (Å²) in [5.41, 5.74) is 7.93. The molecule has 0 aliphatic rings. The van der Waals surface area contributed by atoms with Crippen LogP contribution in [-0.2, 0) is 0 Å². The van der Waals surface area contributed by atoms with Gasteiger partial charge in [-0.1, -0.05) is 109 Å². The predicted octanol–water partition coefficient (Wildman–Crippen LogP) is 7.74. The first-order valence-electron chi connectivity index (χ1n) is 8.93. The first-order valence-corrected chi connectivity index (χ1v) is 9.31. The van der Waals surface area contributed by atoms with Crippen molar-refractivity contribution in [2.24, 2.45) is 0 Å². The Morgan fingerprint density at radius 1 is 0.556 bits per heavy atom. The highest BCUT2D eigenvalue weighted by Gasteiger charge is 2.15. The van der Waals surface area contributed by atoms with Crippen molar-refractivity contribution in [1.29, 1.82) is 0 Å². The van der Waals surface area contributed by atoms with Gasteiger partial charge in [0.05, 0.1) is 0 Å². The molecule has 4 aromatic carbocycles. The highest BCUT2D eigenvalue weighted by Crippen LogP contribution is 2.39. The summed E-state index contributed by atoms with van der Waals surface area (Å²) in [5.74, 6) is 0. The maximum absolute atomic E-state index is 6.09. The van der Waals surface area contributed by atoms with Crippen molar-refractivity contribution < 1.29 is 0 Å². The SMILES string of the molecule is C=C(c1ccc(Cl)cc1)c1c(-c2ccccc2)cccc1-c1ccccc1. The van der Waals surface area contributed by atoms with Gasteiger partial charge in [-0.2, -0.15) is 0 Å². The van der Waals surface area contributed by atoms with Crippen molar-refractivity contribution in [2.45, 2.75) is 0 Å². The van der Waals surface area contributed by atoms with Gasteiger partial charge in [0, 0.05) is 5.02 Å². The molecule has 0 unspecified atom stereocenters. The molecule has 4 aromatic rings. The van der Waals surface area contributed by atoms with Gasteiger partial charge in [-0.05, 0) is 51.1 Å². The van der Waals surface area contributed by atoms with Gasteiger partial charge in [0.25, 0.3) is 0 Å². The van der Waals surface area contributed by atoms with E-state index in [0.717, 1.165) is 21.7 Å². The summed E-state index contributed by atoms with van der Waals surface area (Å²) in [6, 6.07) is 35.2. The van der Waals surface area contributed by atoms with Gasteiger partial charge in [-0.3, -0.25) is 0 Å². The van der Waals surface area contributed by atoms with Gasteiger partial charge in [0.1, 0.15) is 0 Å². The van der Waals surface area contributed by atoms with Crippen LogP contribution in [0.1, 0.15) is 11.1 Å². The summed E-state index contributed by atoms with van der Waals surface area (Å²) in [7, 11) is 0. The Morgan fingerprint density at radius 3 is 1.52 bits per heavy atom. The highest BCUT2D eigenvalue weighted by molar-refractivity contribution is 6.30. The van der Waals surface area contributed by atoms with E-state index in [9.17, 15) is 0 Å². The maximum atomic E-state index is 6.09. The third-order valence-electron chi connectivity index (χ3n) is 4.73. The highest BCUT2D eigenvalue weighted by atomic mass is 35.5.